The largest absolute Gasteiger partial charge is 0.400 e. The topological polar surface area (TPSA) is 60.8 Å². The van der Waals surface area contributed by atoms with Gasteiger partial charge in [-0.2, -0.15) is 0 Å². The van der Waals surface area contributed by atoms with Crippen LogP contribution in [0.4, 0.5) is 0 Å². The molecule has 0 aromatic rings. The zero-order valence-corrected chi connectivity index (χ0v) is 20.3. The van der Waals surface area contributed by atoms with Gasteiger partial charge in [0.25, 0.3) is 0 Å². The van der Waals surface area contributed by atoms with Crippen LogP contribution in [-0.2, 0) is 4.79 Å². The molecular formula is C25H47NO3. The molecule has 29 heavy (non-hydrogen) atoms. The number of piperidine rings is 1. The molecular weight excluding hydrogens is 362 g/mol. The van der Waals surface area contributed by atoms with E-state index in [0.717, 1.165) is 44.2 Å². The molecule has 1 aliphatic heterocycles. The summed E-state index contributed by atoms with van der Waals surface area (Å²) in [5.41, 5.74) is 2.28. The summed E-state index contributed by atoms with van der Waals surface area (Å²) in [5, 5.41) is 15.5. The van der Waals surface area contributed by atoms with E-state index in [9.17, 15) is 4.79 Å². The molecule has 1 fully saturated rings. The third kappa shape index (κ3) is 34.1. The number of hydrogen-bond acceptors (Lipinski definition) is 4. The van der Waals surface area contributed by atoms with E-state index >= 15 is 0 Å². The van der Waals surface area contributed by atoms with E-state index in [-0.39, 0.29) is 0 Å². The van der Waals surface area contributed by atoms with Crippen molar-refractivity contribution < 1.29 is 15.0 Å². The predicted octanol–water partition coefficient (Wildman–Crippen LogP) is 5.37. The maximum absolute atomic E-state index is 9.67. The zero-order chi connectivity index (χ0) is 24.1. The van der Waals surface area contributed by atoms with Crippen molar-refractivity contribution in [1.82, 2.24) is 4.90 Å². The van der Waals surface area contributed by atoms with Crippen LogP contribution >= 0.6 is 0 Å². The molecule has 0 radical (unpaired) electrons. The van der Waals surface area contributed by atoms with Crippen LogP contribution in [0.25, 0.3) is 0 Å². The van der Waals surface area contributed by atoms with E-state index in [4.69, 9.17) is 10.2 Å². The van der Waals surface area contributed by atoms with Crippen LogP contribution in [0.3, 0.4) is 0 Å². The molecule has 0 bridgehead atoms. The van der Waals surface area contributed by atoms with Gasteiger partial charge in [0, 0.05) is 32.3 Å². The Morgan fingerprint density at radius 1 is 1.14 bits per heavy atom. The Morgan fingerprint density at radius 2 is 1.52 bits per heavy atom. The van der Waals surface area contributed by atoms with Crippen LogP contribution in [0.5, 0.6) is 0 Å². The van der Waals surface area contributed by atoms with Crippen molar-refractivity contribution in [1.29, 1.82) is 0 Å². The molecule has 4 heteroatoms. The van der Waals surface area contributed by atoms with Crippen LogP contribution in [-0.4, -0.2) is 47.2 Å². The molecule has 1 rings (SSSR count). The number of terminal acetylenes is 1. The van der Waals surface area contributed by atoms with E-state index in [1.807, 2.05) is 13.8 Å². The fourth-order valence-electron chi connectivity index (χ4n) is 2.00. The third-order valence-corrected chi connectivity index (χ3v) is 3.57. The lowest BCUT2D eigenvalue weighted by molar-refractivity contribution is -0.107. The normalized spacial score (nSPS) is 14.3. The first-order valence-electron chi connectivity index (χ1n) is 9.97. The molecule has 0 aromatic carbocycles. The maximum atomic E-state index is 9.67. The van der Waals surface area contributed by atoms with Gasteiger partial charge in [-0.25, -0.2) is 0 Å². The van der Waals surface area contributed by atoms with Gasteiger partial charge in [0.2, 0.25) is 0 Å². The number of carbonyl (C=O) groups excluding carboxylic acids is 1. The highest BCUT2D eigenvalue weighted by Gasteiger charge is 2.24. The van der Waals surface area contributed by atoms with E-state index in [0.29, 0.717) is 11.8 Å². The standard InChI is InChI=1S/C12H21N.C6H10O.C4H10O.C2H2.CH4O/c1-5-6-11(2)13-9-7-12(3,4)8-10-13;1-6(2)4-3-5-7;1-4(2,3)5;2*1-2/h5-6H,2,7-10H2,1,3-4H3;5H,1,3-4H2,2H3;5H,1-3H3;1-2H;2H,1H3/b6-5-;;;;. The van der Waals surface area contributed by atoms with Gasteiger partial charge in [0.15, 0.2) is 0 Å². The molecule has 0 unspecified atom stereocenters. The van der Waals surface area contributed by atoms with Gasteiger partial charge >= 0.3 is 0 Å². The molecule has 0 aliphatic carbocycles. The lowest BCUT2D eigenvalue weighted by atomic mass is 9.82. The van der Waals surface area contributed by atoms with Gasteiger partial charge in [0.05, 0.1) is 5.60 Å². The first-order valence-corrected chi connectivity index (χ1v) is 9.97. The highest BCUT2D eigenvalue weighted by molar-refractivity contribution is 5.49. The van der Waals surface area contributed by atoms with E-state index in [1.165, 1.54) is 12.8 Å². The van der Waals surface area contributed by atoms with Gasteiger partial charge < -0.3 is 19.9 Å². The first-order chi connectivity index (χ1) is 13.3. The summed E-state index contributed by atoms with van der Waals surface area (Å²) in [6.07, 6.45) is 17.1. The smallest absolute Gasteiger partial charge is 0.120 e. The number of rotatable bonds is 5. The summed E-state index contributed by atoms with van der Waals surface area (Å²) in [5.74, 6) is 0. The number of likely N-dealkylation sites (tertiary alicyclic amines) is 1. The van der Waals surface area contributed by atoms with Crippen LogP contribution in [0.2, 0.25) is 0 Å². The molecule has 0 aromatic heterocycles. The minimum atomic E-state index is -0.500. The average Bonchev–Trinajstić information content (AvgIpc) is 2.62. The molecule has 0 saturated carbocycles. The Bertz CT molecular complexity index is 452. The van der Waals surface area contributed by atoms with Crippen molar-refractivity contribution in [2.75, 3.05) is 20.2 Å². The lowest BCUT2D eigenvalue weighted by Gasteiger charge is -2.38. The Kier molecular flexibility index (Phi) is 25.0. The predicted molar refractivity (Wildman–Crippen MR) is 129 cm³/mol. The molecule has 0 atom stereocenters. The lowest BCUT2D eigenvalue weighted by Crippen LogP contribution is -2.36. The van der Waals surface area contributed by atoms with Crippen molar-refractivity contribution in [2.24, 2.45) is 5.41 Å². The minimum Gasteiger partial charge on any atom is -0.400 e. The van der Waals surface area contributed by atoms with E-state index < -0.39 is 5.60 Å². The summed E-state index contributed by atoms with van der Waals surface area (Å²) in [6, 6.07) is 0. The van der Waals surface area contributed by atoms with Crippen molar-refractivity contribution in [3.8, 4) is 12.8 Å². The second kappa shape index (κ2) is 20.9. The molecule has 1 aliphatic rings. The van der Waals surface area contributed by atoms with Crippen LogP contribution < -0.4 is 0 Å². The summed E-state index contributed by atoms with van der Waals surface area (Å²) in [7, 11) is 1.00. The van der Waals surface area contributed by atoms with Crippen LogP contribution in [0, 0.1) is 18.3 Å². The Labute approximate surface area is 181 Å². The SMILES string of the molecule is C#C.C=C(/C=C\C)N1CCC(C)(C)CC1.C=C(C)CCC=O.CC(C)(C)O.CO. The molecule has 0 spiro atoms. The highest BCUT2D eigenvalue weighted by atomic mass is 16.3. The van der Waals surface area contributed by atoms with Crippen molar-refractivity contribution >= 4 is 6.29 Å². The number of nitrogens with zero attached hydrogens (tertiary/aromatic N) is 1. The Hall–Kier alpha value is -1.83. The number of hydrogen-bond donors (Lipinski definition) is 2. The monoisotopic (exact) mass is 409 g/mol. The minimum absolute atomic E-state index is 0.500. The van der Waals surface area contributed by atoms with E-state index in [2.05, 4.69) is 56.9 Å². The maximum Gasteiger partial charge on any atom is 0.120 e. The molecule has 1 saturated heterocycles. The van der Waals surface area contributed by atoms with Gasteiger partial charge in [-0.1, -0.05) is 32.1 Å². The van der Waals surface area contributed by atoms with Gasteiger partial charge in [-0.3, -0.25) is 0 Å². The first kappa shape index (κ1) is 34.7. The van der Waals surface area contributed by atoms with Gasteiger partial charge in [-0.15, -0.1) is 19.4 Å². The quantitative estimate of drug-likeness (QED) is 0.277. The molecule has 4 nitrogen and oxygen atoms in total. The van der Waals surface area contributed by atoms with Crippen molar-refractivity contribution in [3.63, 3.8) is 0 Å². The zero-order valence-electron chi connectivity index (χ0n) is 20.3. The van der Waals surface area contributed by atoms with Crippen LogP contribution in [0.15, 0.2) is 36.6 Å². The van der Waals surface area contributed by atoms with Crippen molar-refractivity contribution in [2.45, 2.75) is 79.8 Å². The molecule has 1 heterocycles. The van der Waals surface area contributed by atoms with Crippen molar-refractivity contribution in [3.05, 3.63) is 36.6 Å². The number of aldehydes is 1. The Morgan fingerprint density at radius 3 is 1.76 bits per heavy atom. The summed E-state index contributed by atoms with van der Waals surface area (Å²) < 4.78 is 0. The van der Waals surface area contributed by atoms with E-state index in [1.54, 1.807) is 20.8 Å². The summed E-state index contributed by atoms with van der Waals surface area (Å²) in [6.45, 7) is 23.9. The van der Waals surface area contributed by atoms with Gasteiger partial charge in [-0.05, 0) is 65.4 Å². The second-order valence-electron chi connectivity index (χ2n) is 8.48. The molecule has 170 valence electrons. The Balaban J connectivity index is -0.000000166. The summed E-state index contributed by atoms with van der Waals surface area (Å²) in [4.78, 5) is 12.0. The average molecular weight is 410 g/mol. The molecule has 2 N–H and O–H groups in total. The number of aliphatic hydroxyl groups excluding tert-OH is 1. The molecule has 0 amide bonds. The number of carbonyl (C=O) groups is 1. The highest BCUT2D eigenvalue weighted by Crippen LogP contribution is 2.30. The van der Waals surface area contributed by atoms with Crippen LogP contribution in [0.1, 0.15) is 74.1 Å². The van der Waals surface area contributed by atoms with Gasteiger partial charge in [0.1, 0.15) is 6.29 Å². The fraction of sp³-hybridized carbons (Fsp3) is 0.640. The number of aliphatic hydroxyl groups is 2. The third-order valence-electron chi connectivity index (χ3n) is 3.57. The summed E-state index contributed by atoms with van der Waals surface area (Å²) >= 11 is 0. The fourth-order valence-corrected chi connectivity index (χ4v) is 2.00. The second-order valence-corrected chi connectivity index (χ2v) is 8.48. The number of allylic oxidation sites excluding steroid dienone is 3.